The third-order valence-electron chi connectivity index (χ3n) is 2.21. The summed E-state index contributed by atoms with van der Waals surface area (Å²) in [7, 11) is 0. The van der Waals surface area contributed by atoms with E-state index in [1.54, 1.807) is 0 Å². The number of nitrogens with one attached hydrogen (secondary N) is 1. The largest absolute Gasteiger partial charge is 0.355 e. The van der Waals surface area contributed by atoms with Gasteiger partial charge in [-0.05, 0) is 25.9 Å². The zero-order valence-corrected chi connectivity index (χ0v) is 9.81. The lowest BCUT2D eigenvalue weighted by atomic mass is 10.3. The number of carbonyl (C=O) groups is 1. The SMILES string of the molecule is CCCC(=O)NCCN(CC)CCC. The van der Waals surface area contributed by atoms with Crippen molar-refractivity contribution < 1.29 is 4.79 Å². The number of hydrogen-bond donors (Lipinski definition) is 1. The Labute approximate surface area is 87.9 Å². The minimum atomic E-state index is 0.181. The van der Waals surface area contributed by atoms with E-state index in [9.17, 15) is 4.79 Å². The zero-order chi connectivity index (χ0) is 10.8. The van der Waals surface area contributed by atoms with Crippen LogP contribution in [0.1, 0.15) is 40.0 Å². The molecule has 0 rings (SSSR count). The van der Waals surface area contributed by atoms with Crippen LogP contribution in [-0.2, 0) is 4.79 Å². The zero-order valence-electron chi connectivity index (χ0n) is 9.81. The van der Waals surface area contributed by atoms with Crippen molar-refractivity contribution in [1.29, 1.82) is 0 Å². The Morgan fingerprint density at radius 1 is 1.14 bits per heavy atom. The van der Waals surface area contributed by atoms with Gasteiger partial charge >= 0.3 is 0 Å². The highest BCUT2D eigenvalue weighted by molar-refractivity contribution is 5.75. The van der Waals surface area contributed by atoms with Gasteiger partial charge in [0.15, 0.2) is 0 Å². The molecule has 1 N–H and O–H groups in total. The molecule has 84 valence electrons. The number of nitrogens with zero attached hydrogens (tertiary/aromatic N) is 1. The number of amides is 1. The Balaban J connectivity index is 3.45. The molecule has 0 radical (unpaired) electrons. The molecule has 0 aliphatic carbocycles. The van der Waals surface area contributed by atoms with Gasteiger partial charge in [-0.3, -0.25) is 4.79 Å². The fourth-order valence-electron chi connectivity index (χ4n) is 1.41. The second-order valence-electron chi connectivity index (χ2n) is 3.53. The number of rotatable bonds is 8. The van der Waals surface area contributed by atoms with Crippen LogP contribution in [0, 0.1) is 0 Å². The molecule has 0 unspecified atom stereocenters. The maximum Gasteiger partial charge on any atom is 0.220 e. The summed E-state index contributed by atoms with van der Waals surface area (Å²) in [6, 6.07) is 0. The van der Waals surface area contributed by atoms with E-state index < -0.39 is 0 Å². The first-order chi connectivity index (χ1) is 6.74. The molecule has 0 aromatic carbocycles. The maximum absolute atomic E-state index is 11.1. The summed E-state index contributed by atoms with van der Waals surface area (Å²) in [6.45, 7) is 10.3. The van der Waals surface area contributed by atoms with Gasteiger partial charge in [-0.25, -0.2) is 0 Å². The summed E-state index contributed by atoms with van der Waals surface area (Å²) < 4.78 is 0. The van der Waals surface area contributed by atoms with Gasteiger partial charge in [0.05, 0.1) is 0 Å². The topological polar surface area (TPSA) is 32.3 Å². The summed E-state index contributed by atoms with van der Waals surface area (Å²) in [5.74, 6) is 0.181. The van der Waals surface area contributed by atoms with Crippen molar-refractivity contribution in [3.8, 4) is 0 Å². The van der Waals surface area contributed by atoms with Crippen molar-refractivity contribution in [2.24, 2.45) is 0 Å². The Kier molecular flexibility index (Phi) is 8.64. The molecule has 0 aromatic rings. The molecular weight excluding hydrogens is 176 g/mol. The van der Waals surface area contributed by atoms with Gasteiger partial charge in [0.2, 0.25) is 5.91 Å². The third kappa shape index (κ3) is 6.89. The van der Waals surface area contributed by atoms with Crippen LogP contribution in [0.5, 0.6) is 0 Å². The van der Waals surface area contributed by atoms with Crippen LogP contribution >= 0.6 is 0 Å². The monoisotopic (exact) mass is 200 g/mol. The van der Waals surface area contributed by atoms with E-state index in [1.165, 1.54) is 6.42 Å². The molecule has 0 bridgehead atoms. The van der Waals surface area contributed by atoms with Crippen LogP contribution in [0.3, 0.4) is 0 Å². The quantitative estimate of drug-likeness (QED) is 0.646. The van der Waals surface area contributed by atoms with E-state index in [-0.39, 0.29) is 5.91 Å². The summed E-state index contributed by atoms with van der Waals surface area (Å²) >= 11 is 0. The minimum Gasteiger partial charge on any atom is -0.355 e. The summed E-state index contributed by atoms with van der Waals surface area (Å²) in [4.78, 5) is 13.5. The average molecular weight is 200 g/mol. The molecular formula is C11H24N2O. The van der Waals surface area contributed by atoms with Crippen LogP contribution in [0.25, 0.3) is 0 Å². The Morgan fingerprint density at radius 3 is 2.36 bits per heavy atom. The molecule has 3 heteroatoms. The fraction of sp³-hybridized carbons (Fsp3) is 0.909. The van der Waals surface area contributed by atoms with Gasteiger partial charge < -0.3 is 10.2 Å². The van der Waals surface area contributed by atoms with Crippen LogP contribution in [0.15, 0.2) is 0 Å². The minimum absolute atomic E-state index is 0.181. The molecule has 1 amide bonds. The summed E-state index contributed by atoms with van der Waals surface area (Å²) in [5.41, 5.74) is 0. The molecule has 0 heterocycles. The first kappa shape index (κ1) is 13.4. The van der Waals surface area contributed by atoms with Gasteiger partial charge in [-0.2, -0.15) is 0 Å². The summed E-state index contributed by atoms with van der Waals surface area (Å²) in [6.07, 6.45) is 2.76. The van der Waals surface area contributed by atoms with Crippen molar-refractivity contribution >= 4 is 5.91 Å². The second-order valence-corrected chi connectivity index (χ2v) is 3.53. The highest BCUT2D eigenvalue weighted by atomic mass is 16.1. The number of hydrogen-bond acceptors (Lipinski definition) is 2. The molecule has 0 aliphatic rings. The third-order valence-corrected chi connectivity index (χ3v) is 2.21. The maximum atomic E-state index is 11.1. The van der Waals surface area contributed by atoms with Gasteiger partial charge in [-0.1, -0.05) is 20.8 Å². The Morgan fingerprint density at radius 2 is 1.86 bits per heavy atom. The van der Waals surface area contributed by atoms with Crippen molar-refractivity contribution in [3.63, 3.8) is 0 Å². The van der Waals surface area contributed by atoms with Crippen molar-refractivity contribution in [1.82, 2.24) is 10.2 Å². The van der Waals surface area contributed by atoms with E-state index in [0.29, 0.717) is 6.42 Å². The number of carbonyl (C=O) groups excluding carboxylic acids is 1. The molecule has 0 aliphatic heterocycles. The van der Waals surface area contributed by atoms with Crippen LogP contribution in [-0.4, -0.2) is 37.0 Å². The van der Waals surface area contributed by atoms with E-state index in [1.807, 2.05) is 6.92 Å². The van der Waals surface area contributed by atoms with Crippen molar-refractivity contribution in [2.45, 2.75) is 40.0 Å². The fourth-order valence-corrected chi connectivity index (χ4v) is 1.41. The molecule has 0 saturated heterocycles. The van der Waals surface area contributed by atoms with E-state index in [4.69, 9.17) is 0 Å². The standard InChI is InChI=1S/C11H24N2O/c1-4-7-11(14)12-8-10-13(6-3)9-5-2/h4-10H2,1-3H3,(H,12,14). The lowest BCUT2D eigenvalue weighted by Crippen LogP contribution is -2.35. The van der Waals surface area contributed by atoms with Crippen molar-refractivity contribution in [3.05, 3.63) is 0 Å². The number of likely N-dealkylation sites (N-methyl/N-ethyl adjacent to an activating group) is 1. The van der Waals surface area contributed by atoms with Crippen LogP contribution in [0.4, 0.5) is 0 Å². The molecule has 0 atom stereocenters. The molecule has 14 heavy (non-hydrogen) atoms. The Hall–Kier alpha value is -0.570. The van der Waals surface area contributed by atoms with E-state index in [0.717, 1.165) is 32.6 Å². The second kappa shape index (κ2) is 9.00. The lowest BCUT2D eigenvalue weighted by Gasteiger charge is -2.19. The molecule has 0 spiro atoms. The highest BCUT2D eigenvalue weighted by Crippen LogP contribution is 1.90. The molecule has 0 fully saturated rings. The van der Waals surface area contributed by atoms with Gasteiger partial charge in [-0.15, -0.1) is 0 Å². The van der Waals surface area contributed by atoms with Crippen LogP contribution in [0.2, 0.25) is 0 Å². The van der Waals surface area contributed by atoms with E-state index >= 15 is 0 Å². The normalized spacial score (nSPS) is 10.6. The van der Waals surface area contributed by atoms with Crippen LogP contribution < -0.4 is 5.32 Å². The predicted molar refractivity (Wildman–Crippen MR) is 60.3 cm³/mol. The summed E-state index contributed by atoms with van der Waals surface area (Å²) in [5, 5.41) is 2.93. The first-order valence-electron chi connectivity index (χ1n) is 5.73. The van der Waals surface area contributed by atoms with Gasteiger partial charge in [0.1, 0.15) is 0 Å². The average Bonchev–Trinajstić information content (AvgIpc) is 2.17. The molecule has 3 nitrogen and oxygen atoms in total. The molecule has 0 aromatic heterocycles. The van der Waals surface area contributed by atoms with Gasteiger partial charge in [0, 0.05) is 19.5 Å². The highest BCUT2D eigenvalue weighted by Gasteiger charge is 2.01. The van der Waals surface area contributed by atoms with E-state index in [2.05, 4.69) is 24.1 Å². The van der Waals surface area contributed by atoms with Crippen molar-refractivity contribution in [2.75, 3.05) is 26.2 Å². The van der Waals surface area contributed by atoms with Gasteiger partial charge in [0.25, 0.3) is 0 Å². The predicted octanol–water partition coefficient (Wildman–Crippen LogP) is 1.63. The smallest absolute Gasteiger partial charge is 0.220 e. The molecule has 0 saturated carbocycles. The lowest BCUT2D eigenvalue weighted by molar-refractivity contribution is -0.121. The Bertz CT molecular complexity index is 148. The first-order valence-corrected chi connectivity index (χ1v) is 5.73.